The summed E-state index contributed by atoms with van der Waals surface area (Å²) in [6.07, 6.45) is 0. The summed E-state index contributed by atoms with van der Waals surface area (Å²) >= 11 is 3.03. The molecule has 72 valence electrons. The van der Waals surface area contributed by atoms with Crippen molar-refractivity contribution in [1.82, 2.24) is 0 Å². The van der Waals surface area contributed by atoms with Crippen LogP contribution in [0.2, 0.25) is 0 Å². The molecule has 1 nitrogen and oxygen atoms in total. The molecule has 0 heterocycles. The molecule has 13 heavy (non-hydrogen) atoms. The van der Waals surface area contributed by atoms with Crippen molar-refractivity contribution in [3.05, 3.63) is 29.6 Å². The highest BCUT2D eigenvalue weighted by atomic mass is 79.9. The largest absolute Gasteiger partial charge is 0.489 e. The predicted molar refractivity (Wildman–Crippen MR) is 45.6 cm³/mol. The van der Waals surface area contributed by atoms with Crippen LogP contribution in [0.1, 0.15) is 0 Å². The van der Waals surface area contributed by atoms with E-state index in [-0.39, 0.29) is 6.61 Å². The molecule has 0 fully saturated rings. The van der Waals surface area contributed by atoms with Crippen LogP contribution in [0.25, 0.3) is 0 Å². The smallest absolute Gasteiger partial charge is 0.200 e. The van der Waals surface area contributed by atoms with E-state index in [1.165, 1.54) is 0 Å². The average molecular weight is 255 g/mol. The van der Waals surface area contributed by atoms with E-state index in [9.17, 15) is 13.2 Å². The van der Waals surface area contributed by atoms with Crippen molar-refractivity contribution >= 4 is 15.9 Å². The maximum absolute atomic E-state index is 12.8. The highest BCUT2D eigenvalue weighted by molar-refractivity contribution is 9.09. The molecule has 0 bridgehead atoms. The second kappa shape index (κ2) is 4.50. The average Bonchev–Trinajstić information content (AvgIpc) is 2.09. The van der Waals surface area contributed by atoms with Gasteiger partial charge in [-0.05, 0) is 0 Å². The summed E-state index contributed by atoms with van der Waals surface area (Å²) in [5.41, 5.74) is 0. The molecule has 0 aliphatic carbocycles. The number of hydrogen-bond donors (Lipinski definition) is 0. The normalized spacial score (nSPS) is 10.2. The molecule has 0 atom stereocenters. The molecular weight excluding hydrogens is 249 g/mol. The second-order valence-electron chi connectivity index (χ2n) is 2.24. The zero-order valence-electron chi connectivity index (χ0n) is 6.49. The van der Waals surface area contributed by atoms with Crippen molar-refractivity contribution in [3.63, 3.8) is 0 Å². The molecule has 1 rings (SSSR count). The molecule has 1 aromatic rings. The minimum Gasteiger partial charge on any atom is -0.489 e. The van der Waals surface area contributed by atoms with Gasteiger partial charge in [0.05, 0.1) is 6.61 Å². The Balaban J connectivity index is 2.92. The number of alkyl halides is 1. The first-order chi connectivity index (χ1) is 6.15. The van der Waals surface area contributed by atoms with Gasteiger partial charge in [-0.25, -0.2) is 8.78 Å². The summed E-state index contributed by atoms with van der Waals surface area (Å²) in [4.78, 5) is 0. The van der Waals surface area contributed by atoms with Gasteiger partial charge in [0.2, 0.25) is 5.82 Å². The molecule has 0 saturated heterocycles. The monoisotopic (exact) mass is 254 g/mol. The summed E-state index contributed by atoms with van der Waals surface area (Å²) in [5, 5.41) is 0.463. The summed E-state index contributed by atoms with van der Waals surface area (Å²) in [7, 11) is 0. The standard InChI is InChI=1S/C8H6BrF3O/c9-1-2-13-7-4-5(10)3-6(11)8(7)12/h3-4H,1-2H2. The zero-order valence-corrected chi connectivity index (χ0v) is 8.08. The first-order valence-electron chi connectivity index (χ1n) is 3.48. The number of halogens is 4. The van der Waals surface area contributed by atoms with E-state index in [1.54, 1.807) is 0 Å². The fourth-order valence-electron chi connectivity index (χ4n) is 0.786. The highest BCUT2D eigenvalue weighted by Crippen LogP contribution is 2.21. The lowest BCUT2D eigenvalue weighted by atomic mass is 10.3. The zero-order chi connectivity index (χ0) is 9.84. The molecule has 0 aromatic heterocycles. The van der Waals surface area contributed by atoms with Gasteiger partial charge in [-0.2, -0.15) is 4.39 Å². The van der Waals surface area contributed by atoms with E-state index >= 15 is 0 Å². The molecule has 0 saturated carbocycles. The summed E-state index contributed by atoms with van der Waals surface area (Å²) < 4.78 is 42.7. The molecule has 1 aromatic carbocycles. The van der Waals surface area contributed by atoms with Gasteiger partial charge < -0.3 is 4.74 Å². The van der Waals surface area contributed by atoms with E-state index < -0.39 is 23.2 Å². The first-order valence-corrected chi connectivity index (χ1v) is 4.60. The lowest BCUT2D eigenvalue weighted by Gasteiger charge is -2.05. The fraction of sp³-hybridized carbons (Fsp3) is 0.250. The highest BCUT2D eigenvalue weighted by Gasteiger charge is 2.11. The van der Waals surface area contributed by atoms with E-state index in [0.29, 0.717) is 11.4 Å². The topological polar surface area (TPSA) is 9.23 Å². The Kier molecular flexibility index (Phi) is 3.59. The number of hydrogen-bond acceptors (Lipinski definition) is 1. The third kappa shape index (κ3) is 2.62. The van der Waals surface area contributed by atoms with Gasteiger partial charge in [-0.1, -0.05) is 15.9 Å². The van der Waals surface area contributed by atoms with Crippen LogP contribution in [-0.4, -0.2) is 11.9 Å². The van der Waals surface area contributed by atoms with E-state index in [0.717, 1.165) is 6.07 Å². The Bertz CT molecular complexity index is 304. The van der Waals surface area contributed by atoms with Crippen LogP contribution >= 0.6 is 15.9 Å². The predicted octanol–water partition coefficient (Wildman–Crippen LogP) is 2.88. The molecule has 0 aliphatic heterocycles. The molecule has 0 unspecified atom stereocenters. The third-order valence-electron chi connectivity index (χ3n) is 1.29. The minimum atomic E-state index is -1.25. The van der Waals surface area contributed by atoms with Crippen molar-refractivity contribution in [2.75, 3.05) is 11.9 Å². The van der Waals surface area contributed by atoms with Crippen molar-refractivity contribution in [1.29, 1.82) is 0 Å². The fourth-order valence-corrected chi connectivity index (χ4v) is 0.948. The Morgan fingerprint density at radius 2 is 1.92 bits per heavy atom. The van der Waals surface area contributed by atoms with Crippen LogP contribution in [0, 0.1) is 17.5 Å². The molecule has 0 amide bonds. The Morgan fingerprint density at radius 1 is 1.23 bits per heavy atom. The van der Waals surface area contributed by atoms with E-state index in [2.05, 4.69) is 15.9 Å². The number of benzene rings is 1. The van der Waals surface area contributed by atoms with Crippen LogP contribution in [-0.2, 0) is 0 Å². The van der Waals surface area contributed by atoms with Gasteiger partial charge in [-0.15, -0.1) is 0 Å². The van der Waals surface area contributed by atoms with Crippen molar-refractivity contribution < 1.29 is 17.9 Å². The van der Waals surface area contributed by atoms with E-state index in [1.807, 2.05) is 0 Å². The van der Waals surface area contributed by atoms with Crippen LogP contribution in [0.4, 0.5) is 13.2 Å². The third-order valence-corrected chi connectivity index (χ3v) is 1.62. The molecule has 0 aliphatic rings. The Hall–Kier alpha value is -0.710. The SMILES string of the molecule is Fc1cc(F)c(F)c(OCCBr)c1. The molecule has 0 radical (unpaired) electrons. The van der Waals surface area contributed by atoms with Gasteiger partial charge in [0.25, 0.3) is 0 Å². The van der Waals surface area contributed by atoms with Gasteiger partial charge >= 0.3 is 0 Å². The van der Waals surface area contributed by atoms with Gasteiger partial charge in [0, 0.05) is 17.5 Å². The van der Waals surface area contributed by atoms with Gasteiger partial charge in [0.15, 0.2) is 11.6 Å². The number of ether oxygens (including phenoxy) is 1. The lowest BCUT2D eigenvalue weighted by molar-refractivity contribution is 0.315. The van der Waals surface area contributed by atoms with Gasteiger partial charge in [-0.3, -0.25) is 0 Å². The van der Waals surface area contributed by atoms with Crippen LogP contribution in [0.5, 0.6) is 5.75 Å². The Morgan fingerprint density at radius 3 is 2.54 bits per heavy atom. The van der Waals surface area contributed by atoms with Crippen LogP contribution < -0.4 is 4.74 Å². The van der Waals surface area contributed by atoms with Crippen molar-refractivity contribution in [3.8, 4) is 5.75 Å². The molecule has 0 spiro atoms. The molecular formula is C8H6BrF3O. The molecule has 5 heteroatoms. The van der Waals surface area contributed by atoms with Crippen molar-refractivity contribution in [2.45, 2.75) is 0 Å². The Labute approximate surface area is 81.6 Å². The first kappa shape index (κ1) is 10.4. The van der Waals surface area contributed by atoms with Crippen LogP contribution in [0.3, 0.4) is 0 Å². The quantitative estimate of drug-likeness (QED) is 0.596. The summed E-state index contributed by atoms with van der Waals surface area (Å²) in [6, 6.07) is 1.28. The van der Waals surface area contributed by atoms with Crippen LogP contribution in [0.15, 0.2) is 12.1 Å². The van der Waals surface area contributed by atoms with E-state index in [4.69, 9.17) is 4.74 Å². The second-order valence-corrected chi connectivity index (χ2v) is 3.03. The minimum absolute atomic E-state index is 0.153. The van der Waals surface area contributed by atoms with Gasteiger partial charge in [0.1, 0.15) is 5.82 Å². The number of rotatable bonds is 3. The lowest BCUT2D eigenvalue weighted by Crippen LogP contribution is -2.01. The maximum atomic E-state index is 12.8. The maximum Gasteiger partial charge on any atom is 0.200 e. The molecule has 0 N–H and O–H groups in total. The van der Waals surface area contributed by atoms with Crippen molar-refractivity contribution in [2.24, 2.45) is 0 Å². The summed E-state index contributed by atoms with van der Waals surface area (Å²) in [6.45, 7) is 0.153. The summed E-state index contributed by atoms with van der Waals surface area (Å²) in [5.74, 6) is -3.67.